The summed E-state index contributed by atoms with van der Waals surface area (Å²) in [6.45, 7) is 4.45. The van der Waals surface area contributed by atoms with Crippen LogP contribution in [-0.2, 0) is 23.2 Å². The molecular formula is C19H24N2O2S. The molecule has 1 aromatic carbocycles. The Balaban J connectivity index is 1.62. The lowest BCUT2D eigenvalue weighted by Gasteiger charge is -2.34. The van der Waals surface area contributed by atoms with E-state index >= 15 is 0 Å². The van der Waals surface area contributed by atoms with E-state index in [-0.39, 0.29) is 18.9 Å². The summed E-state index contributed by atoms with van der Waals surface area (Å²) in [6.07, 6.45) is 2.87. The fourth-order valence-electron chi connectivity index (χ4n) is 3.22. The van der Waals surface area contributed by atoms with Crippen molar-refractivity contribution >= 4 is 17.2 Å². The Morgan fingerprint density at radius 3 is 2.96 bits per heavy atom. The number of thiazole rings is 1. The maximum Gasteiger partial charge on any atom is 0.226 e. The molecule has 1 aliphatic rings. The summed E-state index contributed by atoms with van der Waals surface area (Å²) in [5.74, 6) is 0.290. The number of carbonyl (C=O) groups is 1. The van der Waals surface area contributed by atoms with E-state index in [9.17, 15) is 9.90 Å². The molecule has 1 amide bonds. The molecule has 1 aromatic heterocycles. The number of aliphatic hydroxyl groups is 1. The van der Waals surface area contributed by atoms with Crippen molar-refractivity contribution in [1.82, 2.24) is 10.3 Å². The number of carbonyl (C=O) groups excluding carboxylic acids is 1. The van der Waals surface area contributed by atoms with E-state index in [1.807, 2.05) is 23.6 Å². The predicted octanol–water partition coefficient (Wildman–Crippen LogP) is 3.15. The molecule has 2 aromatic rings. The Kier molecular flexibility index (Phi) is 5.01. The summed E-state index contributed by atoms with van der Waals surface area (Å²) >= 11 is 1.60. The standard InChI is InChI=1S/C19H24N2O2S/c1-13(2)18-21-15(11-24-18)10-17(22)20-12-19(23)9-5-7-14-6-3-4-8-16(14)19/h3-4,6,8,11,13,23H,5,7,9-10,12H2,1-2H3,(H,20,22). The van der Waals surface area contributed by atoms with E-state index in [0.29, 0.717) is 12.3 Å². The highest BCUT2D eigenvalue weighted by molar-refractivity contribution is 7.09. The van der Waals surface area contributed by atoms with Crippen molar-refractivity contribution in [3.05, 3.63) is 51.5 Å². The van der Waals surface area contributed by atoms with E-state index in [2.05, 4.69) is 30.2 Å². The smallest absolute Gasteiger partial charge is 0.226 e. The fraction of sp³-hybridized carbons (Fsp3) is 0.474. The van der Waals surface area contributed by atoms with Crippen LogP contribution in [0.4, 0.5) is 0 Å². The first-order valence-electron chi connectivity index (χ1n) is 8.50. The average Bonchev–Trinajstić information content (AvgIpc) is 3.02. The van der Waals surface area contributed by atoms with Gasteiger partial charge < -0.3 is 10.4 Å². The van der Waals surface area contributed by atoms with Crippen LogP contribution in [0.1, 0.15) is 54.4 Å². The van der Waals surface area contributed by atoms with E-state index in [1.165, 1.54) is 5.56 Å². The van der Waals surface area contributed by atoms with Crippen LogP contribution in [0.2, 0.25) is 0 Å². The van der Waals surface area contributed by atoms with Crippen molar-refractivity contribution in [3.63, 3.8) is 0 Å². The highest BCUT2D eigenvalue weighted by atomic mass is 32.1. The van der Waals surface area contributed by atoms with Crippen LogP contribution in [0, 0.1) is 0 Å². The minimum absolute atomic E-state index is 0.0907. The number of nitrogens with zero attached hydrogens (tertiary/aromatic N) is 1. The van der Waals surface area contributed by atoms with Gasteiger partial charge in [-0.25, -0.2) is 4.98 Å². The van der Waals surface area contributed by atoms with Crippen LogP contribution in [-0.4, -0.2) is 22.5 Å². The largest absolute Gasteiger partial charge is 0.383 e. The molecule has 24 heavy (non-hydrogen) atoms. The molecule has 0 fully saturated rings. The van der Waals surface area contributed by atoms with Gasteiger partial charge in [-0.15, -0.1) is 11.3 Å². The fourth-order valence-corrected chi connectivity index (χ4v) is 4.06. The zero-order valence-corrected chi connectivity index (χ0v) is 15.0. The summed E-state index contributed by atoms with van der Waals surface area (Å²) < 4.78 is 0. The molecule has 1 atom stereocenters. The number of aryl methyl sites for hydroxylation is 1. The molecule has 1 aliphatic carbocycles. The number of hydrogen-bond donors (Lipinski definition) is 2. The van der Waals surface area contributed by atoms with E-state index in [1.54, 1.807) is 11.3 Å². The molecule has 3 rings (SSSR count). The van der Waals surface area contributed by atoms with Gasteiger partial charge in [0.25, 0.3) is 0 Å². The predicted molar refractivity (Wildman–Crippen MR) is 96.2 cm³/mol. The Hall–Kier alpha value is -1.72. The van der Waals surface area contributed by atoms with Crippen LogP contribution < -0.4 is 5.32 Å². The number of benzene rings is 1. The third-order valence-electron chi connectivity index (χ3n) is 4.54. The minimum atomic E-state index is -0.963. The van der Waals surface area contributed by atoms with Crippen LogP contribution in [0.5, 0.6) is 0 Å². The Morgan fingerprint density at radius 2 is 2.21 bits per heavy atom. The first-order chi connectivity index (χ1) is 11.5. The molecule has 1 heterocycles. The van der Waals surface area contributed by atoms with E-state index in [4.69, 9.17) is 0 Å². The second-order valence-corrected chi connectivity index (χ2v) is 7.72. The monoisotopic (exact) mass is 344 g/mol. The molecule has 0 bridgehead atoms. The summed E-state index contributed by atoms with van der Waals surface area (Å²) in [5, 5.41) is 16.9. The number of rotatable bonds is 5. The maximum absolute atomic E-state index is 12.2. The molecule has 1 unspecified atom stereocenters. The molecule has 0 saturated carbocycles. The van der Waals surface area contributed by atoms with Gasteiger partial charge in [0.15, 0.2) is 0 Å². The van der Waals surface area contributed by atoms with Crippen LogP contribution in [0.15, 0.2) is 29.6 Å². The van der Waals surface area contributed by atoms with Crippen molar-refractivity contribution < 1.29 is 9.90 Å². The Labute approximate surface area is 146 Å². The number of fused-ring (bicyclic) bond motifs is 1. The molecule has 0 saturated heterocycles. The Morgan fingerprint density at radius 1 is 1.42 bits per heavy atom. The molecule has 0 spiro atoms. The maximum atomic E-state index is 12.2. The number of amides is 1. The summed E-state index contributed by atoms with van der Waals surface area (Å²) in [6, 6.07) is 7.97. The molecule has 0 radical (unpaired) electrons. The van der Waals surface area contributed by atoms with Gasteiger partial charge in [0.1, 0.15) is 5.60 Å². The lowest BCUT2D eigenvalue weighted by atomic mass is 9.79. The second-order valence-electron chi connectivity index (χ2n) is 6.83. The SMILES string of the molecule is CC(C)c1nc(CC(=O)NCC2(O)CCCc3ccccc32)cs1. The van der Waals surface area contributed by atoms with Crippen molar-refractivity contribution in [2.24, 2.45) is 0 Å². The summed E-state index contributed by atoms with van der Waals surface area (Å²) in [5.41, 5.74) is 1.97. The van der Waals surface area contributed by atoms with Gasteiger partial charge >= 0.3 is 0 Å². The molecular weight excluding hydrogens is 320 g/mol. The number of nitrogens with one attached hydrogen (secondary N) is 1. The minimum Gasteiger partial charge on any atom is -0.383 e. The first kappa shape index (κ1) is 17.1. The number of aromatic nitrogens is 1. The van der Waals surface area contributed by atoms with Crippen molar-refractivity contribution in [2.75, 3.05) is 6.54 Å². The quantitative estimate of drug-likeness (QED) is 0.876. The van der Waals surface area contributed by atoms with Gasteiger partial charge in [-0.1, -0.05) is 38.1 Å². The Bertz CT molecular complexity index is 726. The lowest BCUT2D eigenvalue weighted by molar-refractivity contribution is -0.122. The van der Waals surface area contributed by atoms with E-state index < -0.39 is 5.60 Å². The van der Waals surface area contributed by atoms with E-state index in [0.717, 1.165) is 29.1 Å². The highest BCUT2D eigenvalue weighted by Gasteiger charge is 2.34. The van der Waals surface area contributed by atoms with Crippen LogP contribution in [0.3, 0.4) is 0 Å². The van der Waals surface area contributed by atoms with Gasteiger partial charge in [-0.05, 0) is 30.4 Å². The molecule has 0 aliphatic heterocycles. The topological polar surface area (TPSA) is 62.2 Å². The average molecular weight is 344 g/mol. The highest BCUT2D eigenvalue weighted by Crippen LogP contribution is 2.34. The van der Waals surface area contributed by atoms with Gasteiger partial charge in [0.05, 0.1) is 23.7 Å². The van der Waals surface area contributed by atoms with Crippen molar-refractivity contribution in [1.29, 1.82) is 0 Å². The van der Waals surface area contributed by atoms with Crippen molar-refractivity contribution in [2.45, 2.75) is 51.0 Å². The van der Waals surface area contributed by atoms with Gasteiger partial charge in [-0.3, -0.25) is 4.79 Å². The summed E-state index contributed by atoms with van der Waals surface area (Å²) in [7, 11) is 0. The van der Waals surface area contributed by atoms with Crippen LogP contribution in [0.25, 0.3) is 0 Å². The second kappa shape index (κ2) is 7.03. The van der Waals surface area contributed by atoms with Crippen molar-refractivity contribution in [3.8, 4) is 0 Å². The zero-order chi connectivity index (χ0) is 17.2. The van der Waals surface area contributed by atoms with Gasteiger partial charge in [0, 0.05) is 11.3 Å². The molecule has 5 heteroatoms. The zero-order valence-electron chi connectivity index (χ0n) is 14.2. The summed E-state index contributed by atoms with van der Waals surface area (Å²) in [4.78, 5) is 16.7. The third kappa shape index (κ3) is 3.68. The molecule has 128 valence electrons. The molecule has 4 nitrogen and oxygen atoms in total. The third-order valence-corrected chi connectivity index (χ3v) is 5.73. The normalized spacial score (nSPS) is 20.0. The van der Waals surface area contributed by atoms with Gasteiger partial charge in [0.2, 0.25) is 5.91 Å². The van der Waals surface area contributed by atoms with Gasteiger partial charge in [-0.2, -0.15) is 0 Å². The lowest BCUT2D eigenvalue weighted by Crippen LogP contribution is -2.43. The van der Waals surface area contributed by atoms with Crippen LogP contribution >= 0.6 is 11.3 Å². The first-order valence-corrected chi connectivity index (χ1v) is 9.38. The molecule has 2 N–H and O–H groups in total. The number of hydrogen-bond acceptors (Lipinski definition) is 4.